The first kappa shape index (κ1) is 24.8. The number of aliphatic imine (C=N–C) groups is 1. The highest BCUT2D eigenvalue weighted by molar-refractivity contribution is 14.0. The minimum Gasteiger partial charge on any atom is -0.357 e. The minimum absolute atomic E-state index is 0. The van der Waals surface area contributed by atoms with Gasteiger partial charge in [-0.1, -0.05) is 18.2 Å². The molecule has 0 spiro atoms. The summed E-state index contributed by atoms with van der Waals surface area (Å²) in [5.41, 5.74) is 2.65. The summed E-state index contributed by atoms with van der Waals surface area (Å²) in [4.78, 5) is 4.48. The molecule has 0 saturated carbocycles. The molecule has 0 fully saturated rings. The molecule has 2 aromatic rings. The topological polar surface area (TPSA) is 94.3 Å². The number of sulfone groups is 1. The van der Waals surface area contributed by atoms with E-state index in [0.717, 1.165) is 11.8 Å². The van der Waals surface area contributed by atoms with Crippen molar-refractivity contribution in [2.45, 2.75) is 25.8 Å². The summed E-state index contributed by atoms with van der Waals surface area (Å²) in [7, 11) is -3.23. The van der Waals surface area contributed by atoms with Crippen LogP contribution in [0, 0.1) is 17.1 Å². The van der Waals surface area contributed by atoms with Crippen LogP contribution in [0.3, 0.4) is 0 Å². The summed E-state index contributed by atoms with van der Waals surface area (Å²) in [6.45, 7) is 3.21. The molecule has 0 unspecified atom stereocenters. The van der Waals surface area contributed by atoms with Crippen molar-refractivity contribution in [3.63, 3.8) is 0 Å². The third-order valence-corrected chi connectivity index (χ3v) is 4.71. The Morgan fingerprint density at radius 3 is 2.41 bits per heavy atom. The van der Waals surface area contributed by atoms with Gasteiger partial charge in [-0.2, -0.15) is 5.26 Å². The molecule has 0 aliphatic carbocycles. The second kappa shape index (κ2) is 11.7. The van der Waals surface area contributed by atoms with Gasteiger partial charge in [0.2, 0.25) is 0 Å². The largest absolute Gasteiger partial charge is 0.357 e. The van der Waals surface area contributed by atoms with E-state index in [4.69, 9.17) is 5.26 Å². The number of halogens is 2. The van der Waals surface area contributed by atoms with E-state index in [1.165, 1.54) is 18.2 Å². The molecule has 0 aliphatic rings. The number of hydrogen-bond acceptors (Lipinski definition) is 4. The lowest BCUT2D eigenvalue weighted by Gasteiger charge is -2.14. The fourth-order valence-corrected chi connectivity index (χ4v) is 3.40. The van der Waals surface area contributed by atoms with Gasteiger partial charge in [-0.25, -0.2) is 17.8 Å². The van der Waals surface area contributed by atoms with E-state index in [0.29, 0.717) is 35.7 Å². The molecule has 29 heavy (non-hydrogen) atoms. The Morgan fingerprint density at radius 2 is 1.83 bits per heavy atom. The normalized spacial score (nSPS) is 11.3. The average molecular weight is 530 g/mol. The molecule has 0 saturated heterocycles. The number of guanidine groups is 1. The number of nitriles is 1. The van der Waals surface area contributed by atoms with Crippen LogP contribution in [0.2, 0.25) is 0 Å². The zero-order valence-electron chi connectivity index (χ0n) is 16.3. The van der Waals surface area contributed by atoms with Crippen molar-refractivity contribution in [1.29, 1.82) is 5.26 Å². The number of nitrogens with zero attached hydrogens (tertiary/aromatic N) is 2. The van der Waals surface area contributed by atoms with Gasteiger partial charge in [-0.15, -0.1) is 24.0 Å². The highest BCUT2D eigenvalue weighted by Gasteiger charge is 2.11. The summed E-state index contributed by atoms with van der Waals surface area (Å²) in [6, 6.07) is 13.3. The van der Waals surface area contributed by atoms with Crippen LogP contribution in [0.4, 0.5) is 4.39 Å². The Kier molecular flexibility index (Phi) is 10.0. The summed E-state index contributed by atoms with van der Waals surface area (Å²) in [5, 5.41) is 15.1. The Balaban J connectivity index is 0.00000420. The highest BCUT2D eigenvalue weighted by atomic mass is 127. The first-order valence-corrected chi connectivity index (χ1v) is 10.8. The Labute approximate surface area is 188 Å². The summed E-state index contributed by atoms with van der Waals surface area (Å²) in [6.07, 6.45) is 1.15. The van der Waals surface area contributed by atoms with Gasteiger partial charge in [0.25, 0.3) is 0 Å². The SMILES string of the molecule is CCNC(=NCc1ccc(C#N)cc1)NCc1cc(F)ccc1CS(C)(=O)=O.I. The molecule has 0 heterocycles. The second-order valence-electron chi connectivity index (χ2n) is 6.34. The number of nitrogens with one attached hydrogen (secondary N) is 2. The molecule has 0 aromatic heterocycles. The lowest BCUT2D eigenvalue weighted by Crippen LogP contribution is -2.37. The van der Waals surface area contributed by atoms with Crippen LogP contribution in [0.1, 0.15) is 29.2 Å². The second-order valence-corrected chi connectivity index (χ2v) is 8.48. The van der Waals surface area contributed by atoms with Crippen LogP contribution in [0.15, 0.2) is 47.5 Å². The van der Waals surface area contributed by atoms with Crippen molar-refractivity contribution in [3.05, 3.63) is 70.5 Å². The van der Waals surface area contributed by atoms with E-state index in [2.05, 4.69) is 21.7 Å². The van der Waals surface area contributed by atoms with Crippen molar-refractivity contribution in [2.75, 3.05) is 12.8 Å². The average Bonchev–Trinajstić information content (AvgIpc) is 2.65. The predicted molar refractivity (Wildman–Crippen MR) is 123 cm³/mol. The lowest BCUT2D eigenvalue weighted by atomic mass is 10.1. The van der Waals surface area contributed by atoms with E-state index < -0.39 is 15.7 Å². The fraction of sp³-hybridized carbons (Fsp3) is 0.300. The molecule has 2 rings (SSSR count). The van der Waals surface area contributed by atoms with Crippen LogP contribution < -0.4 is 10.6 Å². The fourth-order valence-electron chi connectivity index (χ4n) is 2.56. The molecule has 6 nitrogen and oxygen atoms in total. The van der Waals surface area contributed by atoms with E-state index in [1.807, 2.05) is 19.1 Å². The molecular weight excluding hydrogens is 506 g/mol. The van der Waals surface area contributed by atoms with Crippen molar-refractivity contribution >= 4 is 39.8 Å². The lowest BCUT2D eigenvalue weighted by molar-refractivity contribution is 0.599. The van der Waals surface area contributed by atoms with Crippen molar-refractivity contribution < 1.29 is 12.8 Å². The number of hydrogen-bond donors (Lipinski definition) is 2. The molecule has 2 N–H and O–H groups in total. The minimum atomic E-state index is -3.23. The molecule has 2 aromatic carbocycles. The quantitative estimate of drug-likeness (QED) is 0.326. The van der Waals surface area contributed by atoms with Crippen molar-refractivity contribution in [2.24, 2.45) is 4.99 Å². The van der Waals surface area contributed by atoms with Gasteiger partial charge in [0.05, 0.1) is 23.9 Å². The van der Waals surface area contributed by atoms with Gasteiger partial charge < -0.3 is 10.6 Å². The van der Waals surface area contributed by atoms with Gasteiger partial charge in [0, 0.05) is 19.3 Å². The van der Waals surface area contributed by atoms with Gasteiger partial charge in [-0.3, -0.25) is 0 Å². The third-order valence-electron chi connectivity index (χ3n) is 3.88. The predicted octanol–water partition coefficient (Wildman–Crippen LogP) is 3.12. The first-order chi connectivity index (χ1) is 13.3. The maximum atomic E-state index is 13.6. The summed E-state index contributed by atoms with van der Waals surface area (Å²) in [5.74, 6) is -0.0431. The molecule has 0 aliphatic heterocycles. The smallest absolute Gasteiger partial charge is 0.191 e. The Hall–Kier alpha value is -2.19. The van der Waals surface area contributed by atoms with E-state index in [9.17, 15) is 12.8 Å². The van der Waals surface area contributed by atoms with E-state index in [-0.39, 0.29) is 36.3 Å². The molecule has 0 atom stereocenters. The standard InChI is InChI=1S/C20H23FN4O2S.HI/c1-3-23-20(24-12-16-6-4-15(11-22)5-7-16)25-13-18-10-19(21)9-8-17(18)14-28(2,26)27;/h4-10H,3,12-14H2,1-2H3,(H2,23,24,25);1H. The molecule has 0 radical (unpaired) electrons. The zero-order chi connectivity index (χ0) is 20.6. The third kappa shape index (κ3) is 8.79. The summed E-state index contributed by atoms with van der Waals surface area (Å²) < 4.78 is 36.9. The van der Waals surface area contributed by atoms with Crippen LogP contribution in [0.25, 0.3) is 0 Å². The number of benzene rings is 2. The number of rotatable bonds is 7. The van der Waals surface area contributed by atoms with Crippen LogP contribution in [-0.4, -0.2) is 27.2 Å². The van der Waals surface area contributed by atoms with Crippen LogP contribution in [0.5, 0.6) is 0 Å². The maximum Gasteiger partial charge on any atom is 0.191 e. The maximum absolute atomic E-state index is 13.6. The Morgan fingerprint density at radius 1 is 1.14 bits per heavy atom. The monoisotopic (exact) mass is 530 g/mol. The molecule has 0 amide bonds. The molecule has 156 valence electrons. The first-order valence-electron chi connectivity index (χ1n) is 8.77. The van der Waals surface area contributed by atoms with Crippen LogP contribution >= 0.6 is 24.0 Å². The van der Waals surface area contributed by atoms with Crippen LogP contribution in [-0.2, 0) is 28.7 Å². The van der Waals surface area contributed by atoms with E-state index >= 15 is 0 Å². The molecule has 0 bridgehead atoms. The Bertz CT molecular complexity index is 987. The van der Waals surface area contributed by atoms with Gasteiger partial charge in [0.15, 0.2) is 15.8 Å². The highest BCUT2D eigenvalue weighted by Crippen LogP contribution is 2.14. The van der Waals surface area contributed by atoms with Gasteiger partial charge in [-0.05, 0) is 47.9 Å². The molecule has 9 heteroatoms. The van der Waals surface area contributed by atoms with Crippen molar-refractivity contribution in [1.82, 2.24) is 10.6 Å². The summed E-state index contributed by atoms with van der Waals surface area (Å²) >= 11 is 0. The zero-order valence-corrected chi connectivity index (χ0v) is 19.4. The van der Waals surface area contributed by atoms with Crippen molar-refractivity contribution in [3.8, 4) is 6.07 Å². The van der Waals surface area contributed by atoms with Gasteiger partial charge >= 0.3 is 0 Å². The molecular formula is C20H24FIN4O2S. The van der Waals surface area contributed by atoms with Gasteiger partial charge in [0.1, 0.15) is 5.82 Å². The van der Waals surface area contributed by atoms with E-state index in [1.54, 1.807) is 12.1 Å².